The Balaban J connectivity index is 1.58. The van der Waals surface area contributed by atoms with E-state index in [0.717, 1.165) is 79.4 Å². The van der Waals surface area contributed by atoms with E-state index in [1.54, 1.807) is 7.11 Å². The van der Waals surface area contributed by atoms with E-state index in [0.29, 0.717) is 11.4 Å². The number of nitrogens with one attached hydrogen (secondary N) is 2. The van der Waals surface area contributed by atoms with Crippen molar-refractivity contribution in [3.8, 4) is 17.0 Å². The summed E-state index contributed by atoms with van der Waals surface area (Å²) in [5.74, 6) is 1.62. The van der Waals surface area contributed by atoms with Crippen molar-refractivity contribution in [1.82, 2.24) is 15.3 Å². The van der Waals surface area contributed by atoms with Crippen molar-refractivity contribution >= 4 is 34.0 Å². The topological polar surface area (TPSA) is 103 Å². The molecule has 4 heterocycles. The van der Waals surface area contributed by atoms with Gasteiger partial charge in [-0.15, -0.1) is 0 Å². The highest BCUT2D eigenvalue weighted by molar-refractivity contribution is 6.01. The molecule has 35 heavy (non-hydrogen) atoms. The van der Waals surface area contributed by atoms with Crippen LogP contribution in [0.5, 0.6) is 5.75 Å². The van der Waals surface area contributed by atoms with Crippen molar-refractivity contribution in [3.05, 3.63) is 36.5 Å². The number of ether oxygens (including phenoxy) is 1. The summed E-state index contributed by atoms with van der Waals surface area (Å²) >= 11 is 0. The van der Waals surface area contributed by atoms with Gasteiger partial charge in [0.25, 0.3) is 0 Å². The molecule has 2 fully saturated rings. The predicted octanol–water partition coefficient (Wildman–Crippen LogP) is 2.49. The van der Waals surface area contributed by atoms with E-state index < -0.39 is 0 Å². The van der Waals surface area contributed by atoms with Crippen LogP contribution in [-0.4, -0.2) is 74.0 Å². The molecule has 1 amide bonds. The third kappa shape index (κ3) is 4.87. The van der Waals surface area contributed by atoms with Gasteiger partial charge < -0.3 is 30.3 Å². The lowest BCUT2D eigenvalue weighted by atomic mass is 10.1. The maximum atomic E-state index is 11.8. The number of aliphatic hydroxyl groups is 1. The van der Waals surface area contributed by atoms with Gasteiger partial charge in [0.1, 0.15) is 11.6 Å². The average molecular weight is 477 g/mol. The Morgan fingerprint density at radius 3 is 2.69 bits per heavy atom. The molecule has 1 unspecified atom stereocenters. The maximum Gasteiger partial charge on any atom is 0.221 e. The van der Waals surface area contributed by atoms with E-state index in [9.17, 15) is 9.90 Å². The molecule has 1 aromatic carbocycles. The van der Waals surface area contributed by atoms with Crippen LogP contribution in [0.4, 0.5) is 17.2 Å². The molecule has 2 aliphatic rings. The number of benzene rings is 1. The van der Waals surface area contributed by atoms with Gasteiger partial charge >= 0.3 is 0 Å². The van der Waals surface area contributed by atoms with Crippen LogP contribution in [0.25, 0.3) is 22.2 Å². The van der Waals surface area contributed by atoms with Crippen LogP contribution < -0.4 is 25.2 Å². The lowest BCUT2D eigenvalue weighted by Crippen LogP contribution is -2.43. The standard InChI is InChI=1S/C26H32N6O3/c1-17(34)29-23-11-20-22(13-25(23)35-2)30-21(12-24(20)32-8-5-18(15-32)16-33)19-3-4-26(28-14-19)31-9-6-27-7-10-31/h3-4,11-14,18,27,33H,5-10,15-16H2,1-2H3,(H,29,34). The molecule has 0 radical (unpaired) electrons. The summed E-state index contributed by atoms with van der Waals surface area (Å²) in [4.78, 5) is 26.1. The number of aromatic nitrogens is 2. The van der Waals surface area contributed by atoms with E-state index >= 15 is 0 Å². The molecule has 3 N–H and O–H groups in total. The second kappa shape index (κ2) is 10.1. The highest BCUT2D eigenvalue weighted by Gasteiger charge is 2.25. The number of fused-ring (bicyclic) bond motifs is 1. The molecule has 3 aromatic rings. The summed E-state index contributed by atoms with van der Waals surface area (Å²) in [5, 5.41) is 16.9. The molecule has 2 saturated heterocycles. The molecule has 2 aromatic heterocycles. The second-order valence-electron chi connectivity index (χ2n) is 9.20. The minimum atomic E-state index is -0.161. The molecule has 2 aliphatic heterocycles. The smallest absolute Gasteiger partial charge is 0.221 e. The van der Waals surface area contributed by atoms with Crippen molar-refractivity contribution in [2.45, 2.75) is 13.3 Å². The Morgan fingerprint density at radius 1 is 1.20 bits per heavy atom. The van der Waals surface area contributed by atoms with Crippen LogP contribution in [0.2, 0.25) is 0 Å². The van der Waals surface area contributed by atoms with E-state index in [1.165, 1.54) is 6.92 Å². The van der Waals surface area contributed by atoms with E-state index in [1.807, 2.05) is 18.3 Å². The van der Waals surface area contributed by atoms with Crippen molar-refractivity contribution in [2.24, 2.45) is 5.92 Å². The molecule has 1 atom stereocenters. The van der Waals surface area contributed by atoms with Gasteiger partial charge in [-0.05, 0) is 30.7 Å². The highest BCUT2D eigenvalue weighted by Crippen LogP contribution is 2.38. The Labute approximate surface area is 205 Å². The SMILES string of the molecule is COc1cc2nc(-c3ccc(N4CCNCC4)nc3)cc(N3CCC(CO)C3)c2cc1NC(C)=O. The maximum absolute atomic E-state index is 11.8. The number of carbonyl (C=O) groups is 1. The first-order valence-corrected chi connectivity index (χ1v) is 12.1. The lowest BCUT2D eigenvalue weighted by Gasteiger charge is -2.28. The second-order valence-corrected chi connectivity index (χ2v) is 9.20. The summed E-state index contributed by atoms with van der Waals surface area (Å²) < 4.78 is 5.56. The van der Waals surface area contributed by atoms with E-state index in [2.05, 4.69) is 38.6 Å². The first kappa shape index (κ1) is 23.3. The van der Waals surface area contributed by atoms with Crippen molar-refractivity contribution in [2.75, 3.05) is 68.1 Å². The number of nitrogens with zero attached hydrogens (tertiary/aromatic N) is 4. The number of aliphatic hydroxyl groups excluding tert-OH is 1. The number of amides is 1. The Morgan fingerprint density at radius 2 is 2.03 bits per heavy atom. The van der Waals surface area contributed by atoms with Crippen LogP contribution in [-0.2, 0) is 4.79 Å². The molecule has 0 aliphatic carbocycles. The molecule has 0 saturated carbocycles. The molecule has 5 rings (SSSR count). The molecule has 0 spiro atoms. The fourth-order valence-corrected chi connectivity index (χ4v) is 4.92. The summed E-state index contributed by atoms with van der Waals surface area (Å²) in [7, 11) is 1.59. The summed E-state index contributed by atoms with van der Waals surface area (Å²) in [6.45, 7) is 7.11. The number of pyridine rings is 2. The van der Waals surface area contributed by atoms with Gasteiger partial charge in [-0.2, -0.15) is 0 Å². The zero-order chi connectivity index (χ0) is 24.4. The molecule has 9 nitrogen and oxygen atoms in total. The van der Waals surface area contributed by atoms with E-state index in [-0.39, 0.29) is 18.4 Å². The Kier molecular flexibility index (Phi) is 6.70. The molecule has 9 heteroatoms. The normalized spacial score (nSPS) is 18.2. The molecule has 184 valence electrons. The third-order valence-corrected chi connectivity index (χ3v) is 6.79. The summed E-state index contributed by atoms with van der Waals surface area (Å²) in [6.07, 6.45) is 2.82. The Hall–Kier alpha value is -3.43. The van der Waals surface area contributed by atoms with Crippen LogP contribution in [0, 0.1) is 5.92 Å². The van der Waals surface area contributed by atoms with Crippen LogP contribution >= 0.6 is 0 Å². The number of hydrogen-bond acceptors (Lipinski definition) is 8. The van der Waals surface area contributed by atoms with Gasteiger partial charge in [-0.3, -0.25) is 4.79 Å². The first-order valence-electron chi connectivity index (χ1n) is 12.1. The zero-order valence-corrected chi connectivity index (χ0v) is 20.3. The van der Waals surface area contributed by atoms with Crippen molar-refractivity contribution in [1.29, 1.82) is 0 Å². The first-order chi connectivity index (χ1) is 17.1. The summed E-state index contributed by atoms with van der Waals surface area (Å²) in [5.41, 5.74) is 4.19. The van der Waals surface area contributed by atoms with Crippen molar-refractivity contribution < 1.29 is 14.6 Å². The van der Waals surface area contributed by atoms with Crippen molar-refractivity contribution in [3.63, 3.8) is 0 Å². The van der Waals surface area contributed by atoms with Gasteiger partial charge in [0.2, 0.25) is 5.91 Å². The summed E-state index contributed by atoms with van der Waals surface area (Å²) in [6, 6.07) is 10.0. The number of carbonyl (C=O) groups excluding carboxylic acids is 1. The average Bonchev–Trinajstić information content (AvgIpc) is 3.37. The minimum absolute atomic E-state index is 0.161. The monoisotopic (exact) mass is 476 g/mol. The largest absolute Gasteiger partial charge is 0.494 e. The fraction of sp³-hybridized carbons (Fsp3) is 0.423. The molecule has 0 bridgehead atoms. The molecular formula is C26H32N6O3. The van der Waals surface area contributed by atoms with Gasteiger partial charge in [0.05, 0.1) is 24.0 Å². The van der Waals surface area contributed by atoms with Gasteiger partial charge in [-0.1, -0.05) is 0 Å². The number of piperazine rings is 1. The van der Waals surface area contributed by atoms with Gasteiger partial charge in [-0.25, -0.2) is 9.97 Å². The van der Waals surface area contributed by atoms with Crippen LogP contribution in [0.1, 0.15) is 13.3 Å². The van der Waals surface area contributed by atoms with Gasteiger partial charge in [0, 0.05) is 87.6 Å². The van der Waals surface area contributed by atoms with E-state index in [4.69, 9.17) is 14.7 Å². The fourth-order valence-electron chi connectivity index (χ4n) is 4.92. The van der Waals surface area contributed by atoms with Crippen LogP contribution in [0.3, 0.4) is 0 Å². The minimum Gasteiger partial charge on any atom is -0.494 e. The van der Waals surface area contributed by atoms with Gasteiger partial charge in [0.15, 0.2) is 0 Å². The predicted molar refractivity (Wildman–Crippen MR) is 138 cm³/mol. The molecular weight excluding hydrogens is 444 g/mol. The number of anilines is 3. The highest BCUT2D eigenvalue weighted by atomic mass is 16.5. The quantitative estimate of drug-likeness (QED) is 0.499. The number of hydrogen-bond donors (Lipinski definition) is 3. The number of methoxy groups -OCH3 is 1. The third-order valence-electron chi connectivity index (χ3n) is 6.79. The lowest BCUT2D eigenvalue weighted by molar-refractivity contribution is -0.114. The number of rotatable bonds is 6. The zero-order valence-electron chi connectivity index (χ0n) is 20.3. The Bertz CT molecular complexity index is 1210. The van der Waals surface area contributed by atoms with Crippen LogP contribution in [0.15, 0.2) is 36.5 Å².